The number of carbonyl (C=O) groups is 2. The smallest absolute Gasteiger partial charge is 0.255 e. The van der Waals surface area contributed by atoms with Crippen LogP contribution < -0.4 is 10.2 Å². The van der Waals surface area contributed by atoms with E-state index in [1.54, 1.807) is 0 Å². The Labute approximate surface area is 167 Å². The number of rotatable bonds is 4. The maximum atomic E-state index is 12.5. The van der Waals surface area contributed by atoms with E-state index >= 15 is 0 Å². The maximum Gasteiger partial charge on any atom is 0.255 e. The monoisotopic (exact) mass is 379 g/mol. The molecule has 148 valence electrons. The summed E-state index contributed by atoms with van der Waals surface area (Å²) in [6, 6.07) is 13.8. The first-order chi connectivity index (χ1) is 13.3. The summed E-state index contributed by atoms with van der Waals surface area (Å²) in [4.78, 5) is 28.8. The van der Waals surface area contributed by atoms with E-state index in [4.69, 9.17) is 0 Å². The summed E-state index contributed by atoms with van der Waals surface area (Å²) in [7, 11) is 0. The minimum absolute atomic E-state index is 0.0478. The lowest BCUT2D eigenvalue weighted by atomic mass is 10.1. The van der Waals surface area contributed by atoms with Crippen molar-refractivity contribution in [2.24, 2.45) is 5.92 Å². The largest absolute Gasteiger partial charge is 0.368 e. The molecule has 1 saturated heterocycles. The van der Waals surface area contributed by atoms with E-state index in [0.717, 1.165) is 48.7 Å². The Kier molecular flexibility index (Phi) is 6.02. The number of benzene rings is 2. The standard InChI is InChI=1S/C23H29N3O2/c1-16(2)23(28)26-11-9-25(10-12-26)21-7-5-20(6-8-21)24-22(27)19-14-17(3)13-18(4)15-19/h5-8,13-16H,9-12H2,1-4H3,(H,24,27). The van der Waals surface area contributed by atoms with Crippen molar-refractivity contribution in [3.8, 4) is 0 Å². The van der Waals surface area contributed by atoms with E-state index in [1.807, 2.05) is 69.0 Å². The predicted octanol–water partition coefficient (Wildman–Crippen LogP) is 3.86. The molecule has 1 heterocycles. The molecule has 0 unspecified atom stereocenters. The molecule has 5 heteroatoms. The second-order valence-corrected chi connectivity index (χ2v) is 7.84. The summed E-state index contributed by atoms with van der Waals surface area (Å²) in [6.07, 6.45) is 0. The summed E-state index contributed by atoms with van der Waals surface area (Å²) >= 11 is 0. The van der Waals surface area contributed by atoms with Crippen LogP contribution in [-0.2, 0) is 4.79 Å². The molecule has 0 radical (unpaired) electrons. The van der Waals surface area contributed by atoms with Crippen molar-refractivity contribution in [1.29, 1.82) is 0 Å². The topological polar surface area (TPSA) is 52.7 Å². The van der Waals surface area contributed by atoms with Crippen LogP contribution in [0.25, 0.3) is 0 Å². The minimum Gasteiger partial charge on any atom is -0.368 e. The molecule has 0 spiro atoms. The van der Waals surface area contributed by atoms with Crippen LogP contribution in [0.5, 0.6) is 0 Å². The Hall–Kier alpha value is -2.82. The number of aryl methyl sites for hydroxylation is 2. The third kappa shape index (κ3) is 4.71. The first-order valence-corrected chi connectivity index (χ1v) is 9.87. The summed E-state index contributed by atoms with van der Waals surface area (Å²) in [5.41, 5.74) is 4.72. The van der Waals surface area contributed by atoms with Crippen molar-refractivity contribution in [3.05, 3.63) is 59.2 Å². The highest BCUT2D eigenvalue weighted by atomic mass is 16.2. The Morgan fingerprint density at radius 2 is 1.46 bits per heavy atom. The van der Waals surface area contributed by atoms with Gasteiger partial charge < -0.3 is 15.1 Å². The molecule has 1 aliphatic rings. The SMILES string of the molecule is Cc1cc(C)cc(C(=O)Nc2ccc(N3CCN(C(=O)C(C)C)CC3)cc2)c1. The van der Waals surface area contributed by atoms with Gasteiger partial charge in [-0.2, -0.15) is 0 Å². The average Bonchev–Trinajstić information content (AvgIpc) is 2.67. The zero-order valence-corrected chi connectivity index (χ0v) is 17.2. The number of anilines is 2. The lowest BCUT2D eigenvalue weighted by Gasteiger charge is -2.37. The molecule has 2 amide bonds. The molecule has 3 rings (SSSR count). The molecule has 2 aromatic rings. The van der Waals surface area contributed by atoms with Gasteiger partial charge in [0.25, 0.3) is 5.91 Å². The van der Waals surface area contributed by atoms with E-state index in [2.05, 4.69) is 16.3 Å². The van der Waals surface area contributed by atoms with Gasteiger partial charge >= 0.3 is 0 Å². The average molecular weight is 380 g/mol. The van der Waals surface area contributed by atoms with E-state index in [9.17, 15) is 9.59 Å². The van der Waals surface area contributed by atoms with Gasteiger partial charge in [0.15, 0.2) is 0 Å². The van der Waals surface area contributed by atoms with Gasteiger partial charge in [-0.15, -0.1) is 0 Å². The summed E-state index contributed by atoms with van der Waals surface area (Å²) in [5, 5.41) is 2.97. The van der Waals surface area contributed by atoms with Crippen LogP contribution in [0.3, 0.4) is 0 Å². The number of nitrogens with zero attached hydrogens (tertiary/aromatic N) is 2. The van der Waals surface area contributed by atoms with E-state index in [-0.39, 0.29) is 17.7 Å². The van der Waals surface area contributed by atoms with Crippen LogP contribution in [-0.4, -0.2) is 42.9 Å². The Balaban J connectivity index is 1.60. The van der Waals surface area contributed by atoms with Crippen LogP contribution in [0, 0.1) is 19.8 Å². The summed E-state index contributed by atoms with van der Waals surface area (Å²) < 4.78 is 0. The van der Waals surface area contributed by atoms with Crippen molar-refractivity contribution in [2.45, 2.75) is 27.7 Å². The molecule has 1 N–H and O–H groups in total. The first kappa shape index (κ1) is 19.9. The highest BCUT2D eigenvalue weighted by molar-refractivity contribution is 6.04. The van der Waals surface area contributed by atoms with Crippen molar-refractivity contribution >= 4 is 23.2 Å². The molecule has 2 aromatic carbocycles. The number of hydrogen-bond acceptors (Lipinski definition) is 3. The van der Waals surface area contributed by atoms with Gasteiger partial charge in [0, 0.05) is 49.0 Å². The predicted molar refractivity (Wildman–Crippen MR) is 114 cm³/mol. The van der Waals surface area contributed by atoms with E-state index < -0.39 is 0 Å². The maximum absolute atomic E-state index is 12.5. The van der Waals surface area contributed by atoms with Crippen molar-refractivity contribution in [1.82, 2.24) is 4.90 Å². The van der Waals surface area contributed by atoms with Gasteiger partial charge in [0.05, 0.1) is 0 Å². The number of carbonyl (C=O) groups excluding carboxylic acids is 2. The van der Waals surface area contributed by atoms with E-state index in [1.165, 1.54) is 0 Å². The Morgan fingerprint density at radius 1 is 0.893 bits per heavy atom. The molecule has 5 nitrogen and oxygen atoms in total. The highest BCUT2D eigenvalue weighted by Gasteiger charge is 2.22. The molecule has 0 saturated carbocycles. The molecule has 1 aliphatic heterocycles. The van der Waals surface area contributed by atoms with Gasteiger partial charge in [-0.3, -0.25) is 9.59 Å². The molecule has 1 fully saturated rings. The van der Waals surface area contributed by atoms with Crippen LogP contribution in [0.4, 0.5) is 11.4 Å². The number of amides is 2. The second-order valence-electron chi connectivity index (χ2n) is 7.84. The number of hydrogen-bond donors (Lipinski definition) is 1. The zero-order valence-electron chi connectivity index (χ0n) is 17.2. The van der Waals surface area contributed by atoms with Gasteiger partial charge in [-0.1, -0.05) is 31.0 Å². The van der Waals surface area contributed by atoms with E-state index in [0.29, 0.717) is 5.56 Å². The fraction of sp³-hybridized carbons (Fsp3) is 0.391. The second kappa shape index (κ2) is 8.46. The molecule has 0 aliphatic carbocycles. The number of piperazine rings is 1. The molecular weight excluding hydrogens is 350 g/mol. The van der Waals surface area contributed by atoms with Crippen molar-refractivity contribution < 1.29 is 9.59 Å². The minimum atomic E-state index is -0.0969. The molecule has 0 atom stereocenters. The zero-order chi connectivity index (χ0) is 20.3. The first-order valence-electron chi connectivity index (χ1n) is 9.87. The normalized spacial score (nSPS) is 14.3. The van der Waals surface area contributed by atoms with Gasteiger partial charge in [-0.25, -0.2) is 0 Å². The number of nitrogens with one attached hydrogen (secondary N) is 1. The lowest BCUT2D eigenvalue weighted by Crippen LogP contribution is -2.49. The van der Waals surface area contributed by atoms with Crippen molar-refractivity contribution in [3.63, 3.8) is 0 Å². The van der Waals surface area contributed by atoms with Crippen molar-refractivity contribution in [2.75, 3.05) is 36.4 Å². The van der Waals surface area contributed by atoms with Crippen LogP contribution in [0.1, 0.15) is 35.3 Å². The van der Waals surface area contributed by atoms with Crippen LogP contribution >= 0.6 is 0 Å². The summed E-state index contributed by atoms with van der Waals surface area (Å²) in [6.45, 7) is 11.0. The Bertz CT molecular complexity index is 830. The fourth-order valence-electron chi connectivity index (χ4n) is 3.61. The molecule has 28 heavy (non-hydrogen) atoms. The van der Waals surface area contributed by atoms with Gasteiger partial charge in [-0.05, 0) is 50.2 Å². The molecule has 0 bridgehead atoms. The highest BCUT2D eigenvalue weighted by Crippen LogP contribution is 2.21. The quantitative estimate of drug-likeness (QED) is 0.878. The lowest BCUT2D eigenvalue weighted by molar-refractivity contribution is -0.134. The van der Waals surface area contributed by atoms with Crippen LogP contribution in [0.2, 0.25) is 0 Å². The summed E-state index contributed by atoms with van der Waals surface area (Å²) in [5.74, 6) is 0.177. The Morgan fingerprint density at radius 3 is 2.00 bits per heavy atom. The van der Waals surface area contributed by atoms with Gasteiger partial charge in [0.1, 0.15) is 0 Å². The van der Waals surface area contributed by atoms with Crippen LogP contribution in [0.15, 0.2) is 42.5 Å². The third-order valence-electron chi connectivity index (χ3n) is 5.06. The molecular formula is C23H29N3O2. The third-order valence-corrected chi connectivity index (χ3v) is 5.06. The fourth-order valence-corrected chi connectivity index (χ4v) is 3.61. The van der Waals surface area contributed by atoms with Gasteiger partial charge in [0.2, 0.25) is 5.91 Å². The molecule has 0 aromatic heterocycles.